The molecule has 24 heavy (non-hydrogen) atoms. The normalized spacial score (nSPS) is 9.54. The highest BCUT2D eigenvalue weighted by Crippen LogP contribution is 2.26. The Bertz CT molecular complexity index is 777. The second-order valence-electron chi connectivity index (χ2n) is 4.75. The van der Waals surface area contributed by atoms with E-state index in [1.54, 1.807) is 35.3 Å². The van der Waals surface area contributed by atoms with Crippen LogP contribution in [-0.2, 0) is 0 Å². The summed E-state index contributed by atoms with van der Waals surface area (Å²) in [6.45, 7) is 4.00. The molecule has 1 aromatic heterocycles. The summed E-state index contributed by atoms with van der Waals surface area (Å²) >= 11 is 0. The molecule has 118 valence electrons. The predicted molar refractivity (Wildman–Crippen MR) is 90.9 cm³/mol. The summed E-state index contributed by atoms with van der Waals surface area (Å²) in [4.78, 5) is 4.01. The molecule has 0 bridgehead atoms. The topological polar surface area (TPSA) is 78.3 Å². The van der Waals surface area contributed by atoms with E-state index in [2.05, 4.69) is 22.2 Å². The van der Waals surface area contributed by atoms with Gasteiger partial charge in [0.05, 0.1) is 23.3 Å². The second kappa shape index (κ2) is 8.26. The summed E-state index contributed by atoms with van der Waals surface area (Å²) in [5.41, 5.74) is 3.21. The highest BCUT2D eigenvalue weighted by molar-refractivity contribution is 5.40. The Hall–Kier alpha value is -3.44. The Kier molecular flexibility index (Phi) is 5.82. The molecule has 0 saturated carbocycles. The summed E-state index contributed by atoms with van der Waals surface area (Å²) < 4.78 is 1.75. The minimum Gasteiger partial charge on any atom is -0.241 e. The molecule has 0 N–H and O–H groups in total. The first-order valence-electron chi connectivity index (χ1n) is 7.66. The van der Waals surface area contributed by atoms with E-state index in [1.807, 2.05) is 38.1 Å². The fourth-order valence-electron chi connectivity index (χ4n) is 2.33. The Morgan fingerprint density at radius 1 is 0.833 bits per heavy atom. The Balaban J connectivity index is 0.00000100. The van der Waals surface area contributed by atoms with Crippen molar-refractivity contribution in [1.82, 2.24) is 14.8 Å². The van der Waals surface area contributed by atoms with E-state index in [-0.39, 0.29) is 6.04 Å². The van der Waals surface area contributed by atoms with E-state index in [1.165, 1.54) is 6.33 Å². The number of hydrogen-bond acceptors (Lipinski definition) is 4. The van der Waals surface area contributed by atoms with Gasteiger partial charge < -0.3 is 0 Å². The van der Waals surface area contributed by atoms with Gasteiger partial charge >= 0.3 is 0 Å². The molecule has 2 aromatic carbocycles. The zero-order chi connectivity index (χ0) is 17.4. The van der Waals surface area contributed by atoms with Crippen LogP contribution in [0, 0.1) is 22.7 Å². The number of nitriles is 2. The lowest BCUT2D eigenvalue weighted by Crippen LogP contribution is -2.13. The van der Waals surface area contributed by atoms with Gasteiger partial charge in [-0.1, -0.05) is 38.1 Å². The minimum absolute atomic E-state index is 0.150. The molecule has 0 spiro atoms. The van der Waals surface area contributed by atoms with Crippen LogP contribution >= 0.6 is 0 Å². The number of rotatable bonds is 3. The molecule has 0 amide bonds. The first-order chi connectivity index (χ1) is 11.8. The number of benzene rings is 2. The maximum Gasteiger partial charge on any atom is 0.137 e. The Labute approximate surface area is 141 Å². The van der Waals surface area contributed by atoms with Crippen LogP contribution in [0.25, 0.3) is 0 Å². The van der Waals surface area contributed by atoms with Crippen LogP contribution in [0.2, 0.25) is 0 Å². The van der Waals surface area contributed by atoms with Crippen LogP contribution < -0.4 is 0 Å². The number of nitrogens with zero attached hydrogens (tertiary/aromatic N) is 5. The Morgan fingerprint density at radius 2 is 1.29 bits per heavy atom. The second-order valence-corrected chi connectivity index (χ2v) is 4.75. The molecule has 0 unspecified atom stereocenters. The zero-order valence-electron chi connectivity index (χ0n) is 13.6. The number of hydrogen-bond donors (Lipinski definition) is 0. The van der Waals surface area contributed by atoms with Gasteiger partial charge in [-0.3, -0.25) is 0 Å². The van der Waals surface area contributed by atoms with Crippen molar-refractivity contribution in [3.8, 4) is 12.1 Å². The van der Waals surface area contributed by atoms with E-state index in [4.69, 9.17) is 10.5 Å². The van der Waals surface area contributed by atoms with Crippen molar-refractivity contribution in [3.63, 3.8) is 0 Å². The van der Waals surface area contributed by atoms with Crippen molar-refractivity contribution >= 4 is 0 Å². The monoisotopic (exact) mass is 315 g/mol. The third kappa shape index (κ3) is 3.66. The Morgan fingerprint density at radius 3 is 1.62 bits per heavy atom. The van der Waals surface area contributed by atoms with Crippen molar-refractivity contribution in [2.75, 3.05) is 0 Å². The molecule has 0 fully saturated rings. The molecule has 0 aliphatic rings. The molecule has 0 atom stereocenters. The van der Waals surface area contributed by atoms with Crippen LogP contribution in [0.15, 0.2) is 61.2 Å². The summed E-state index contributed by atoms with van der Waals surface area (Å²) in [6.07, 6.45) is 3.14. The molecule has 0 radical (unpaired) electrons. The van der Waals surface area contributed by atoms with Gasteiger partial charge in [0.1, 0.15) is 18.7 Å². The molecule has 5 nitrogen and oxygen atoms in total. The van der Waals surface area contributed by atoms with Crippen molar-refractivity contribution in [2.45, 2.75) is 19.9 Å². The third-order valence-corrected chi connectivity index (χ3v) is 3.41. The quantitative estimate of drug-likeness (QED) is 0.738. The summed E-state index contributed by atoms with van der Waals surface area (Å²) in [6, 6.07) is 18.8. The van der Waals surface area contributed by atoms with E-state index in [9.17, 15) is 0 Å². The van der Waals surface area contributed by atoms with Crippen molar-refractivity contribution in [1.29, 1.82) is 10.5 Å². The molecular formula is C19H17N5. The maximum atomic E-state index is 8.92. The molecule has 1 heterocycles. The van der Waals surface area contributed by atoms with Crippen molar-refractivity contribution in [2.24, 2.45) is 0 Å². The summed E-state index contributed by atoms with van der Waals surface area (Å²) in [5.74, 6) is 0. The van der Waals surface area contributed by atoms with Gasteiger partial charge in [-0.2, -0.15) is 15.6 Å². The van der Waals surface area contributed by atoms with E-state index in [0.717, 1.165) is 11.1 Å². The molecular weight excluding hydrogens is 298 g/mol. The van der Waals surface area contributed by atoms with E-state index >= 15 is 0 Å². The van der Waals surface area contributed by atoms with Gasteiger partial charge in [-0.05, 0) is 35.4 Å². The van der Waals surface area contributed by atoms with Gasteiger partial charge in [0.15, 0.2) is 0 Å². The SMILES string of the molecule is CC.N#Cc1ccc(C(c2ccc(C#N)cc2)n2cncn2)cc1. The van der Waals surface area contributed by atoms with E-state index in [0.29, 0.717) is 11.1 Å². The standard InChI is InChI=1S/C17H11N5.C2H6/c18-9-13-1-5-15(6-2-13)17(22-12-20-11-21-22)16-7-3-14(10-19)4-8-16;1-2/h1-8,11-12,17H;1-2H3. The highest BCUT2D eigenvalue weighted by Gasteiger charge is 2.17. The number of aromatic nitrogens is 3. The first kappa shape index (κ1) is 16.9. The van der Waals surface area contributed by atoms with Crippen LogP contribution in [-0.4, -0.2) is 14.8 Å². The molecule has 0 saturated heterocycles. The van der Waals surface area contributed by atoms with Gasteiger partial charge in [0.2, 0.25) is 0 Å². The van der Waals surface area contributed by atoms with Gasteiger partial charge in [0, 0.05) is 0 Å². The smallest absolute Gasteiger partial charge is 0.137 e. The summed E-state index contributed by atoms with van der Waals surface area (Å²) in [7, 11) is 0. The van der Waals surface area contributed by atoms with Crippen molar-refractivity contribution in [3.05, 3.63) is 83.4 Å². The van der Waals surface area contributed by atoms with Crippen LogP contribution in [0.5, 0.6) is 0 Å². The fourth-order valence-corrected chi connectivity index (χ4v) is 2.33. The predicted octanol–water partition coefficient (Wildman–Crippen LogP) is 3.69. The lowest BCUT2D eigenvalue weighted by atomic mass is 9.97. The van der Waals surface area contributed by atoms with Gasteiger partial charge in [0.25, 0.3) is 0 Å². The lowest BCUT2D eigenvalue weighted by Gasteiger charge is -2.18. The fraction of sp³-hybridized carbons (Fsp3) is 0.158. The summed E-state index contributed by atoms with van der Waals surface area (Å²) in [5, 5.41) is 22.1. The molecule has 0 aliphatic carbocycles. The van der Waals surface area contributed by atoms with Crippen LogP contribution in [0.3, 0.4) is 0 Å². The maximum absolute atomic E-state index is 8.92. The largest absolute Gasteiger partial charge is 0.241 e. The average Bonchev–Trinajstić information content (AvgIpc) is 3.19. The van der Waals surface area contributed by atoms with Crippen molar-refractivity contribution < 1.29 is 0 Å². The van der Waals surface area contributed by atoms with Gasteiger partial charge in [-0.15, -0.1) is 0 Å². The van der Waals surface area contributed by atoms with E-state index < -0.39 is 0 Å². The zero-order valence-corrected chi connectivity index (χ0v) is 13.6. The minimum atomic E-state index is -0.150. The average molecular weight is 315 g/mol. The van der Waals surface area contributed by atoms with Crippen LogP contribution in [0.1, 0.15) is 42.1 Å². The lowest BCUT2D eigenvalue weighted by molar-refractivity contribution is 0.594. The van der Waals surface area contributed by atoms with Gasteiger partial charge in [-0.25, -0.2) is 9.67 Å². The first-order valence-corrected chi connectivity index (χ1v) is 7.66. The molecule has 5 heteroatoms. The molecule has 0 aliphatic heterocycles. The van der Waals surface area contributed by atoms with Crippen LogP contribution in [0.4, 0.5) is 0 Å². The highest BCUT2D eigenvalue weighted by atomic mass is 15.3. The molecule has 3 rings (SSSR count). The third-order valence-electron chi connectivity index (χ3n) is 3.41. The molecule has 3 aromatic rings.